The summed E-state index contributed by atoms with van der Waals surface area (Å²) in [5.41, 5.74) is 0.647. The SMILES string of the molecule is CCOc1cc2c(c(F)c1OCC)C(=N)N(CC(=O)c1cc(C(=O)N3CCOCC3)c(OC)c(C(C)(C)C)c1)C2(C)C. The summed E-state index contributed by atoms with van der Waals surface area (Å²) in [6.45, 7) is 15.3. The summed E-state index contributed by atoms with van der Waals surface area (Å²) < 4.78 is 38.3. The van der Waals surface area contributed by atoms with E-state index in [1.165, 1.54) is 7.11 Å². The molecule has 0 unspecified atom stereocenters. The third-order valence-corrected chi connectivity index (χ3v) is 7.87. The van der Waals surface area contributed by atoms with Crippen molar-refractivity contribution in [2.45, 2.75) is 59.4 Å². The zero-order valence-electron chi connectivity index (χ0n) is 25.9. The fourth-order valence-electron chi connectivity index (χ4n) is 5.60. The van der Waals surface area contributed by atoms with E-state index >= 15 is 4.39 Å². The van der Waals surface area contributed by atoms with E-state index in [1.54, 1.807) is 41.8 Å². The summed E-state index contributed by atoms with van der Waals surface area (Å²) in [4.78, 5) is 30.9. The Morgan fingerprint density at radius 1 is 1.05 bits per heavy atom. The molecule has 10 heteroatoms. The van der Waals surface area contributed by atoms with Gasteiger partial charge in [0.25, 0.3) is 5.91 Å². The van der Waals surface area contributed by atoms with Crippen LogP contribution in [0.3, 0.4) is 0 Å². The van der Waals surface area contributed by atoms with Crippen molar-refractivity contribution in [3.63, 3.8) is 0 Å². The molecule has 2 aliphatic heterocycles. The Morgan fingerprint density at radius 3 is 2.26 bits per heavy atom. The van der Waals surface area contributed by atoms with Crippen LogP contribution in [0.25, 0.3) is 0 Å². The number of benzene rings is 2. The molecule has 0 spiro atoms. The van der Waals surface area contributed by atoms with E-state index in [1.807, 2.05) is 34.6 Å². The van der Waals surface area contributed by atoms with Crippen LogP contribution in [-0.2, 0) is 15.7 Å². The number of fused-ring (bicyclic) bond motifs is 1. The lowest BCUT2D eigenvalue weighted by Crippen LogP contribution is -2.43. The Bertz CT molecular complexity index is 1390. The van der Waals surface area contributed by atoms with Gasteiger partial charge in [-0.25, -0.2) is 4.39 Å². The predicted molar refractivity (Wildman–Crippen MR) is 158 cm³/mol. The second-order valence-electron chi connectivity index (χ2n) is 12.0. The van der Waals surface area contributed by atoms with Crippen LogP contribution in [0.15, 0.2) is 18.2 Å². The molecule has 1 fully saturated rings. The summed E-state index contributed by atoms with van der Waals surface area (Å²) >= 11 is 0. The van der Waals surface area contributed by atoms with Gasteiger partial charge in [0.05, 0.1) is 56.7 Å². The maximum absolute atomic E-state index is 15.8. The van der Waals surface area contributed by atoms with Gasteiger partial charge in [0.15, 0.2) is 23.1 Å². The molecule has 0 bridgehead atoms. The first-order valence-corrected chi connectivity index (χ1v) is 14.4. The quantitative estimate of drug-likeness (QED) is 0.407. The molecule has 4 rings (SSSR count). The molecule has 0 radical (unpaired) electrons. The Morgan fingerprint density at radius 2 is 1.69 bits per heavy atom. The zero-order chi connectivity index (χ0) is 31.0. The van der Waals surface area contributed by atoms with Gasteiger partial charge in [0.2, 0.25) is 0 Å². The number of nitrogens with one attached hydrogen (secondary N) is 1. The fraction of sp³-hybridized carbons (Fsp3) is 0.531. The maximum atomic E-state index is 15.8. The van der Waals surface area contributed by atoms with Gasteiger partial charge in [-0.2, -0.15) is 0 Å². The van der Waals surface area contributed by atoms with E-state index in [0.717, 1.165) is 5.56 Å². The third kappa shape index (κ3) is 5.56. The zero-order valence-corrected chi connectivity index (χ0v) is 25.9. The van der Waals surface area contributed by atoms with Gasteiger partial charge in [-0.1, -0.05) is 20.8 Å². The molecule has 2 aromatic carbocycles. The van der Waals surface area contributed by atoms with Crippen LogP contribution in [-0.4, -0.2) is 80.5 Å². The first-order valence-electron chi connectivity index (χ1n) is 14.4. The highest BCUT2D eigenvalue weighted by molar-refractivity contribution is 6.08. The number of ether oxygens (including phenoxy) is 4. The first-order chi connectivity index (χ1) is 19.8. The van der Waals surface area contributed by atoms with Crippen LogP contribution in [0.2, 0.25) is 0 Å². The number of nitrogens with zero attached hydrogens (tertiary/aromatic N) is 2. The van der Waals surface area contributed by atoms with Crippen molar-refractivity contribution in [3.05, 3.63) is 51.8 Å². The normalized spacial score (nSPS) is 16.4. The second kappa shape index (κ2) is 11.9. The highest BCUT2D eigenvalue weighted by Crippen LogP contribution is 2.46. The number of hydrogen-bond donors (Lipinski definition) is 1. The summed E-state index contributed by atoms with van der Waals surface area (Å²) in [5, 5.41) is 8.94. The van der Waals surface area contributed by atoms with E-state index in [4.69, 9.17) is 24.4 Å². The van der Waals surface area contributed by atoms with Crippen molar-refractivity contribution in [3.8, 4) is 17.2 Å². The molecule has 42 heavy (non-hydrogen) atoms. The second-order valence-corrected chi connectivity index (χ2v) is 12.0. The molecule has 2 aliphatic rings. The van der Waals surface area contributed by atoms with Gasteiger partial charge in [0.1, 0.15) is 11.6 Å². The molecule has 1 amide bonds. The van der Waals surface area contributed by atoms with Gasteiger partial charge in [-0.3, -0.25) is 15.0 Å². The smallest absolute Gasteiger partial charge is 0.257 e. The van der Waals surface area contributed by atoms with Crippen molar-refractivity contribution >= 4 is 17.5 Å². The van der Waals surface area contributed by atoms with Crippen LogP contribution in [0.4, 0.5) is 4.39 Å². The molecule has 228 valence electrons. The lowest BCUT2D eigenvalue weighted by atomic mass is 9.83. The Balaban J connectivity index is 1.76. The average Bonchev–Trinajstić information content (AvgIpc) is 3.14. The van der Waals surface area contributed by atoms with Crippen molar-refractivity contribution in [2.75, 3.05) is 53.2 Å². The monoisotopic (exact) mass is 583 g/mol. The molecular weight excluding hydrogens is 541 g/mol. The number of methoxy groups -OCH3 is 1. The number of amidine groups is 1. The van der Waals surface area contributed by atoms with E-state index in [0.29, 0.717) is 55.4 Å². The highest BCUT2D eigenvalue weighted by atomic mass is 19.1. The molecule has 1 N–H and O–H groups in total. The molecule has 1 saturated heterocycles. The minimum absolute atomic E-state index is 0.0388. The van der Waals surface area contributed by atoms with Crippen LogP contribution < -0.4 is 14.2 Å². The molecule has 0 aromatic heterocycles. The topological polar surface area (TPSA) is 101 Å². The number of halogens is 1. The summed E-state index contributed by atoms with van der Waals surface area (Å²) in [5.74, 6) is -0.663. The number of Topliss-reactive ketones (excluding diaryl/α,β-unsaturated/α-hetero) is 1. The summed E-state index contributed by atoms with van der Waals surface area (Å²) in [6.07, 6.45) is 0. The lowest BCUT2D eigenvalue weighted by molar-refractivity contribution is 0.0300. The van der Waals surface area contributed by atoms with Crippen LogP contribution >= 0.6 is 0 Å². The maximum Gasteiger partial charge on any atom is 0.257 e. The van der Waals surface area contributed by atoms with Crippen molar-refractivity contribution < 1.29 is 32.9 Å². The average molecular weight is 584 g/mol. The van der Waals surface area contributed by atoms with Gasteiger partial charge in [0, 0.05) is 24.2 Å². The van der Waals surface area contributed by atoms with E-state index in [-0.39, 0.29) is 47.7 Å². The molecule has 0 aliphatic carbocycles. The highest BCUT2D eigenvalue weighted by Gasteiger charge is 2.45. The number of hydrogen-bond acceptors (Lipinski definition) is 7. The molecule has 9 nitrogen and oxygen atoms in total. The van der Waals surface area contributed by atoms with Crippen LogP contribution in [0, 0.1) is 11.2 Å². The number of amides is 1. The van der Waals surface area contributed by atoms with Crippen molar-refractivity contribution in [1.82, 2.24) is 9.80 Å². The third-order valence-electron chi connectivity index (χ3n) is 7.87. The summed E-state index contributed by atoms with van der Waals surface area (Å²) in [6, 6.07) is 5.04. The molecule has 2 aromatic rings. The molecule has 2 heterocycles. The molecular formula is C32H42FN3O6. The number of morpholine rings is 1. The number of carbonyl (C=O) groups excluding carboxylic acids is 2. The molecule has 0 saturated carbocycles. The minimum atomic E-state index is -0.898. The number of ketones is 1. The van der Waals surface area contributed by atoms with Crippen molar-refractivity contribution in [1.29, 1.82) is 5.41 Å². The Hall–Kier alpha value is -3.66. The van der Waals surface area contributed by atoms with Crippen LogP contribution in [0.1, 0.15) is 85.9 Å². The van der Waals surface area contributed by atoms with Gasteiger partial charge >= 0.3 is 0 Å². The van der Waals surface area contributed by atoms with E-state index in [2.05, 4.69) is 0 Å². The lowest BCUT2D eigenvalue weighted by Gasteiger charge is -2.34. The Kier molecular flexibility index (Phi) is 8.87. The standard InChI is InChI=1S/C32H42FN3O6/c1-9-41-24-17-21-25(26(33)28(24)42-10-2)29(34)36(32(21,6)7)18-23(37)19-15-20(30(38)35-11-13-40-14-12-35)27(39-8)22(16-19)31(3,4)5/h15-17,34H,9-14,18H2,1-8H3. The fourth-order valence-corrected chi connectivity index (χ4v) is 5.60. The number of rotatable bonds is 9. The van der Waals surface area contributed by atoms with E-state index < -0.39 is 16.8 Å². The predicted octanol–water partition coefficient (Wildman–Crippen LogP) is 5.16. The van der Waals surface area contributed by atoms with Gasteiger partial charge < -0.3 is 28.7 Å². The Labute approximate surface area is 247 Å². The molecule has 0 atom stereocenters. The first kappa shape index (κ1) is 31.3. The van der Waals surface area contributed by atoms with Crippen molar-refractivity contribution in [2.24, 2.45) is 0 Å². The van der Waals surface area contributed by atoms with Crippen LogP contribution in [0.5, 0.6) is 17.2 Å². The van der Waals surface area contributed by atoms with E-state index in [9.17, 15) is 9.59 Å². The largest absolute Gasteiger partial charge is 0.496 e. The summed E-state index contributed by atoms with van der Waals surface area (Å²) in [7, 11) is 1.52. The van der Waals surface area contributed by atoms with Gasteiger partial charge in [-0.05, 0) is 56.9 Å². The number of carbonyl (C=O) groups is 2. The van der Waals surface area contributed by atoms with Gasteiger partial charge in [-0.15, -0.1) is 0 Å². The minimum Gasteiger partial charge on any atom is -0.496 e.